The van der Waals surface area contributed by atoms with Gasteiger partial charge in [0.05, 0.1) is 34.1 Å². The molecule has 4 aromatic carbocycles. The van der Waals surface area contributed by atoms with Gasteiger partial charge >= 0.3 is 0 Å². The molecule has 2 aromatic heterocycles. The molecule has 0 saturated heterocycles. The normalized spacial score (nSPS) is 11.1. The van der Waals surface area contributed by atoms with E-state index in [-0.39, 0.29) is 0 Å². The van der Waals surface area contributed by atoms with E-state index in [0.29, 0.717) is 11.5 Å². The maximum atomic E-state index is 9.44. The lowest BCUT2D eigenvalue weighted by Gasteiger charge is -2.12. The molecule has 0 atom stereocenters. The number of fused-ring (bicyclic) bond motifs is 3. The Morgan fingerprint density at radius 2 is 1.23 bits per heavy atom. The monoisotopic (exact) mass is 450 g/mol. The van der Waals surface area contributed by atoms with Crippen LogP contribution >= 0.6 is 0 Å². The van der Waals surface area contributed by atoms with Crippen LogP contribution in [0.5, 0.6) is 0 Å². The number of benzene rings is 4. The standard InChI is InChI=1S/C31H22N4/c1-20-11-13-29-25(15-20)26-16-21(2)12-14-30(26)35(29)31-33-27(23-8-4-3-5-9-23)18-28(34-31)24-10-6-7-22(17-24)19-32/h3-18H,1-2H3. The van der Waals surface area contributed by atoms with Crippen molar-refractivity contribution >= 4 is 21.8 Å². The lowest BCUT2D eigenvalue weighted by molar-refractivity contribution is 0.995. The van der Waals surface area contributed by atoms with E-state index in [1.165, 1.54) is 21.9 Å². The van der Waals surface area contributed by atoms with Crippen LogP contribution in [0.25, 0.3) is 50.3 Å². The van der Waals surface area contributed by atoms with Crippen molar-refractivity contribution in [2.45, 2.75) is 13.8 Å². The van der Waals surface area contributed by atoms with Gasteiger partial charge in [-0.2, -0.15) is 5.26 Å². The minimum Gasteiger partial charge on any atom is -0.278 e. The molecule has 0 aliphatic carbocycles. The minimum absolute atomic E-state index is 0.603. The molecule has 0 unspecified atom stereocenters. The molecule has 0 aliphatic heterocycles. The number of aryl methyl sites for hydroxylation is 2. The molecule has 0 fully saturated rings. The highest BCUT2D eigenvalue weighted by Gasteiger charge is 2.17. The van der Waals surface area contributed by atoms with Gasteiger partial charge in [-0.1, -0.05) is 65.7 Å². The molecule has 6 rings (SSSR count). The summed E-state index contributed by atoms with van der Waals surface area (Å²) in [6, 6.07) is 34.9. The van der Waals surface area contributed by atoms with Crippen LogP contribution < -0.4 is 0 Å². The molecule has 35 heavy (non-hydrogen) atoms. The first-order valence-corrected chi connectivity index (χ1v) is 11.6. The number of rotatable bonds is 3. The number of nitrogens with zero attached hydrogens (tertiary/aromatic N) is 4. The molecular formula is C31H22N4. The van der Waals surface area contributed by atoms with Crippen LogP contribution in [0.15, 0.2) is 97.1 Å². The van der Waals surface area contributed by atoms with Crippen LogP contribution in [-0.2, 0) is 0 Å². The van der Waals surface area contributed by atoms with E-state index >= 15 is 0 Å². The van der Waals surface area contributed by atoms with E-state index < -0.39 is 0 Å². The second kappa shape index (κ2) is 8.23. The fourth-order valence-corrected chi connectivity index (χ4v) is 4.65. The molecule has 166 valence electrons. The average Bonchev–Trinajstić information content (AvgIpc) is 3.21. The van der Waals surface area contributed by atoms with Crippen molar-refractivity contribution in [2.24, 2.45) is 0 Å². The first-order chi connectivity index (χ1) is 17.1. The Bertz CT molecular complexity index is 1710. The molecule has 0 aliphatic rings. The Morgan fingerprint density at radius 1 is 0.629 bits per heavy atom. The molecule has 0 saturated carbocycles. The Balaban J connectivity index is 1.69. The van der Waals surface area contributed by atoms with E-state index in [1.54, 1.807) is 6.07 Å². The largest absolute Gasteiger partial charge is 0.278 e. The van der Waals surface area contributed by atoms with Crippen molar-refractivity contribution in [3.63, 3.8) is 0 Å². The molecule has 4 heteroatoms. The smallest absolute Gasteiger partial charge is 0.235 e. The van der Waals surface area contributed by atoms with Gasteiger partial charge in [-0.05, 0) is 56.3 Å². The summed E-state index contributed by atoms with van der Waals surface area (Å²) in [5.41, 5.74) is 8.68. The van der Waals surface area contributed by atoms with Crippen molar-refractivity contribution in [1.82, 2.24) is 14.5 Å². The van der Waals surface area contributed by atoms with Gasteiger partial charge in [0.1, 0.15) is 0 Å². The van der Waals surface area contributed by atoms with Crippen LogP contribution in [0.1, 0.15) is 16.7 Å². The SMILES string of the molecule is Cc1ccc2c(c1)c1cc(C)ccc1n2-c1nc(-c2ccccc2)cc(-c2cccc(C#N)c2)n1. The van der Waals surface area contributed by atoms with Gasteiger partial charge in [0, 0.05) is 21.9 Å². The number of hydrogen-bond donors (Lipinski definition) is 0. The second-order valence-corrected chi connectivity index (χ2v) is 8.87. The van der Waals surface area contributed by atoms with Crippen LogP contribution in [0.3, 0.4) is 0 Å². The van der Waals surface area contributed by atoms with Crippen molar-refractivity contribution in [1.29, 1.82) is 5.26 Å². The van der Waals surface area contributed by atoms with E-state index in [9.17, 15) is 5.26 Å². The van der Waals surface area contributed by atoms with Crippen molar-refractivity contribution in [3.8, 4) is 34.5 Å². The zero-order valence-electron chi connectivity index (χ0n) is 19.5. The lowest BCUT2D eigenvalue weighted by Crippen LogP contribution is -2.04. The third-order valence-electron chi connectivity index (χ3n) is 6.35. The zero-order chi connectivity index (χ0) is 23.9. The maximum Gasteiger partial charge on any atom is 0.235 e. The first kappa shape index (κ1) is 20.8. The topological polar surface area (TPSA) is 54.5 Å². The van der Waals surface area contributed by atoms with E-state index in [4.69, 9.17) is 9.97 Å². The van der Waals surface area contributed by atoms with Crippen molar-refractivity contribution in [2.75, 3.05) is 0 Å². The Morgan fingerprint density at radius 3 is 1.86 bits per heavy atom. The van der Waals surface area contributed by atoms with E-state index in [2.05, 4.69) is 73.0 Å². The highest BCUT2D eigenvalue weighted by molar-refractivity contribution is 6.09. The summed E-state index contributed by atoms with van der Waals surface area (Å²) in [4.78, 5) is 10.1. The molecule has 0 radical (unpaired) electrons. The van der Waals surface area contributed by atoms with Gasteiger partial charge in [-0.15, -0.1) is 0 Å². The summed E-state index contributed by atoms with van der Waals surface area (Å²) < 4.78 is 2.15. The fourth-order valence-electron chi connectivity index (χ4n) is 4.65. The highest BCUT2D eigenvalue weighted by Crippen LogP contribution is 2.34. The quantitative estimate of drug-likeness (QED) is 0.282. The zero-order valence-corrected chi connectivity index (χ0v) is 19.5. The van der Waals surface area contributed by atoms with Gasteiger partial charge in [0.2, 0.25) is 5.95 Å². The average molecular weight is 451 g/mol. The molecule has 4 nitrogen and oxygen atoms in total. The van der Waals surface area contributed by atoms with Crippen molar-refractivity contribution < 1.29 is 0 Å². The van der Waals surface area contributed by atoms with Crippen molar-refractivity contribution in [3.05, 3.63) is 114 Å². The summed E-state index contributed by atoms with van der Waals surface area (Å²) in [5.74, 6) is 0.608. The molecule has 2 heterocycles. The summed E-state index contributed by atoms with van der Waals surface area (Å²) in [6.07, 6.45) is 0. The summed E-state index contributed by atoms with van der Waals surface area (Å²) in [5, 5.41) is 11.8. The third-order valence-corrected chi connectivity index (χ3v) is 6.35. The molecule has 0 amide bonds. The van der Waals surface area contributed by atoms with Gasteiger partial charge in [-0.3, -0.25) is 4.57 Å². The summed E-state index contributed by atoms with van der Waals surface area (Å²) >= 11 is 0. The van der Waals surface area contributed by atoms with E-state index in [1.807, 2.05) is 42.5 Å². The summed E-state index contributed by atoms with van der Waals surface area (Å²) in [6.45, 7) is 4.23. The lowest BCUT2D eigenvalue weighted by atomic mass is 10.1. The second-order valence-electron chi connectivity index (χ2n) is 8.87. The fraction of sp³-hybridized carbons (Fsp3) is 0.0645. The van der Waals surface area contributed by atoms with Gasteiger partial charge in [-0.25, -0.2) is 9.97 Å². The molecule has 0 spiro atoms. The third kappa shape index (κ3) is 3.64. The number of nitriles is 1. The molecule has 0 N–H and O–H groups in total. The minimum atomic E-state index is 0.603. The van der Waals surface area contributed by atoms with Crippen LogP contribution in [-0.4, -0.2) is 14.5 Å². The van der Waals surface area contributed by atoms with Crippen LogP contribution in [0.2, 0.25) is 0 Å². The Kier molecular flexibility index (Phi) is 4.90. The molecule has 6 aromatic rings. The highest BCUT2D eigenvalue weighted by atomic mass is 15.2. The first-order valence-electron chi connectivity index (χ1n) is 11.6. The van der Waals surface area contributed by atoms with Gasteiger partial charge in [0.25, 0.3) is 0 Å². The maximum absolute atomic E-state index is 9.44. The number of aromatic nitrogens is 3. The predicted molar refractivity (Wildman–Crippen MR) is 141 cm³/mol. The van der Waals surface area contributed by atoms with Gasteiger partial charge < -0.3 is 0 Å². The Labute approximate surface area is 203 Å². The molecular weight excluding hydrogens is 428 g/mol. The van der Waals surface area contributed by atoms with Crippen LogP contribution in [0, 0.1) is 25.2 Å². The van der Waals surface area contributed by atoms with Crippen LogP contribution in [0.4, 0.5) is 0 Å². The van der Waals surface area contributed by atoms with E-state index in [0.717, 1.165) is 33.5 Å². The number of hydrogen-bond acceptors (Lipinski definition) is 3. The Hall–Kier alpha value is -4.75. The molecule has 0 bridgehead atoms. The predicted octanol–water partition coefficient (Wildman–Crippen LogP) is 7.40. The van der Waals surface area contributed by atoms with Gasteiger partial charge in [0.15, 0.2) is 0 Å². The summed E-state index contributed by atoms with van der Waals surface area (Å²) in [7, 11) is 0.